The minimum atomic E-state index is -0.450. The Morgan fingerprint density at radius 1 is 1.67 bits per heavy atom. The zero-order chi connectivity index (χ0) is 11.4. The number of amidine groups is 1. The van der Waals surface area contributed by atoms with Crippen LogP contribution < -0.4 is 10.6 Å². The van der Waals surface area contributed by atoms with Crippen LogP contribution in [0.25, 0.3) is 0 Å². The summed E-state index contributed by atoms with van der Waals surface area (Å²) in [5.74, 6) is -0.0379. The Hall–Kier alpha value is -1.59. The lowest BCUT2D eigenvalue weighted by atomic mass is 10.2. The van der Waals surface area contributed by atoms with E-state index in [1.165, 1.54) is 4.90 Å². The van der Waals surface area contributed by atoms with Gasteiger partial charge in [0.15, 0.2) is 0 Å². The number of carbonyl (C=O) groups excluding carboxylic acids is 2. The zero-order valence-corrected chi connectivity index (χ0v) is 8.96. The van der Waals surface area contributed by atoms with Crippen LogP contribution >= 0.6 is 0 Å². The number of carbonyl (C=O) groups is 2. The van der Waals surface area contributed by atoms with Crippen LogP contribution in [0.5, 0.6) is 0 Å². The van der Waals surface area contributed by atoms with E-state index in [1.807, 2.05) is 6.92 Å². The van der Waals surface area contributed by atoms with Gasteiger partial charge >= 0.3 is 6.03 Å². The molecule has 0 bridgehead atoms. The van der Waals surface area contributed by atoms with Crippen molar-refractivity contribution in [2.45, 2.75) is 25.8 Å². The maximum Gasteiger partial charge on any atom is 0.323 e. The van der Waals surface area contributed by atoms with Gasteiger partial charge in [-0.25, -0.2) is 4.79 Å². The monoisotopic (exact) mass is 212 g/mol. The highest BCUT2D eigenvalue weighted by Gasteiger charge is 2.33. The van der Waals surface area contributed by atoms with Crippen molar-refractivity contribution in [3.05, 3.63) is 0 Å². The first-order valence-corrected chi connectivity index (χ1v) is 4.95. The van der Waals surface area contributed by atoms with Crippen LogP contribution in [-0.4, -0.2) is 42.3 Å². The second-order valence-corrected chi connectivity index (χ2v) is 3.52. The van der Waals surface area contributed by atoms with Crippen LogP contribution in [0.15, 0.2) is 0 Å². The van der Waals surface area contributed by atoms with Gasteiger partial charge < -0.3 is 10.2 Å². The van der Waals surface area contributed by atoms with Crippen LogP contribution in [0.3, 0.4) is 0 Å². The summed E-state index contributed by atoms with van der Waals surface area (Å²) in [6.07, 6.45) is 1.02. The lowest BCUT2D eigenvalue weighted by Crippen LogP contribution is -2.37. The van der Waals surface area contributed by atoms with E-state index in [2.05, 4.69) is 10.6 Å². The number of nitrogens with zero attached hydrogens (tertiary/aromatic N) is 1. The number of rotatable bonds is 4. The Morgan fingerprint density at radius 3 is 2.80 bits per heavy atom. The first-order chi connectivity index (χ1) is 7.06. The minimum Gasteiger partial charge on any atom is -0.356 e. The third-order valence-electron chi connectivity index (χ3n) is 2.31. The van der Waals surface area contributed by atoms with Gasteiger partial charge in [-0.05, 0) is 6.42 Å². The largest absolute Gasteiger partial charge is 0.356 e. The molecule has 1 fully saturated rings. The highest BCUT2D eigenvalue weighted by molar-refractivity contribution is 6.06. The number of hydrogen-bond acceptors (Lipinski definition) is 3. The van der Waals surface area contributed by atoms with E-state index < -0.39 is 6.04 Å². The van der Waals surface area contributed by atoms with E-state index in [0.29, 0.717) is 6.54 Å². The molecular formula is C9H16N4O2. The quantitative estimate of drug-likeness (QED) is 0.608. The molecule has 1 aliphatic heterocycles. The van der Waals surface area contributed by atoms with Crippen molar-refractivity contribution in [3.8, 4) is 0 Å². The normalized spacial score (nSPS) is 20.4. The fourth-order valence-electron chi connectivity index (χ4n) is 1.37. The molecule has 0 aromatic carbocycles. The van der Waals surface area contributed by atoms with E-state index in [4.69, 9.17) is 5.41 Å². The van der Waals surface area contributed by atoms with Gasteiger partial charge in [0.25, 0.3) is 0 Å². The lowest BCUT2D eigenvalue weighted by molar-refractivity contribution is -0.121. The summed E-state index contributed by atoms with van der Waals surface area (Å²) in [5.41, 5.74) is 0. The second kappa shape index (κ2) is 4.77. The van der Waals surface area contributed by atoms with E-state index in [-0.39, 0.29) is 24.2 Å². The molecule has 1 unspecified atom stereocenters. The summed E-state index contributed by atoms with van der Waals surface area (Å²) in [6, 6.07) is -0.775. The van der Waals surface area contributed by atoms with Gasteiger partial charge in [0.2, 0.25) is 5.91 Å². The SMILES string of the molecule is CCCNC(=O)CC1C(=N)NC(=O)N1C. The van der Waals surface area contributed by atoms with Gasteiger partial charge in [0.05, 0.1) is 12.5 Å². The van der Waals surface area contributed by atoms with Crippen molar-refractivity contribution in [1.29, 1.82) is 5.41 Å². The molecule has 15 heavy (non-hydrogen) atoms. The number of nitrogens with one attached hydrogen (secondary N) is 3. The predicted molar refractivity (Wildman–Crippen MR) is 55.7 cm³/mol. The standard InChI is InChI=1S/C9H16N4O2/c1-3-4-11-7(14)5-6-8(10)12-9(15)13(6)2/h6H,3-5H2,1-2H3,(H,11,14)(H2,10,12,15). The number of likely N-dealkylation sites (N-methyl/N-ethyl adjacent to an activating group) is 1. The third-order valence-corrected chi connectivity index (χ3v) is 2.31. The molecular weight excluding hydrogens is 196 g/mol. The van der Waals surface area contributed by atoms with E-state index in [1.54, 1.807) is 7.05 Å². The second-order valence-electron chi connectivity index (χ2n) is 3.52. The molecule has 0 radical (unpaired) electrons. The molecule has 0 aliphatic carbocycles. The summed E-state index contributed by atoms with van der Waals surface area (Å²) >= 11 is 0. The van der Waals surface area contributed by atoms with Crippen molar-refractivity contribution < 1.29 is 9.59 Å². The fourth-order valence-corrected chi connectivity index (χ4v) is 1.37. The van der Waals surface area contributed by atoms with Crippen LogP contribution in [0.2, 0.25) is 0 Å². The molecule has 3 amide bonds. The molecule has 1 heterocycles. The summed E-state index contributed by atoms with van der Waals surface area (Å²) in [5, 5.41) is 12.6. The zero-order valence-electron chi connectivity index (χ0n) is 8.96. The highest BCUT2D eigenvalue weighted by atomic mass is 16.2. The average Bonchev–Trinajstić information content (AvgIpc) is 2.42. The Balaban J connectivity index is 2.47. The van der Waals surface area contributed by atoms with Crippen molar-refractivity contribution in [2.75, 3.05) is 13.6 Å². The van der Waals surface area contributed by atoms with Gasteiger partial charge in [0.1, 0.15) is 5.84 Å². The van der Waals surface area contributed by atoms with Gasteiger partial charge in [-0.15, -0.1) is 0 Å². The number of urea groups is 1. The van der Waals surface area contributed by atoms with Gasteiger partial charge in [0, 0.05) is 13.6 Å². The molecule has 0 aromatic rings. The molecule has 1 atom stereocenters. The molecule has 6 nitrogen and oxygen atoms in total. The molecule has 84 valence electrons. The van der Waals surface area contributed by atoms with Crippen LogP contribution in [-0.2, 0) is 4.79 Å². The number of hydrogen-bond donors (Lipinski definition) is 3. The van der Waals surface area contributed by atoms with Crippen LogP contribution in [0.1, 0.15) is 19.8 Å². The topological polar surface area (TPSA) is 85.3 Å². The average molecular weight is 212 g/mol. The molecule has 6 heteroatoms. The van der Waals surface area contributed by atoms with Crippen molar-refractivity contribution in [3.63, 3.8) is 0 Å². The Morgan fingerprint density at radius 2 is 2.33 bits per heavy atom. The smallest absolute Gasteiger partial charge is 0.323 e. The van der Waals surface area contributed by atoms with Gasteiger partial charge in [-0.3, -0.25) is 15.5 Å². The van der Waals surface area contributed by atoms with Crippen LogP contribution in [0, 0.1) is 5.41 Å². The van der Waals surface area contributed by atoms with E-state index >= 15 is 0 Å². The van der Waals surface area contributed by atoms with Crippen molar-refractivity contribution in [2.24, 2.45) is 0 Å². The van der Waals surface area contributed by atoms with E-state index in [0.717, 1.165) is 6.42 Å². The van der Waals surface area contributed by atoms with Gasteiger partial charge in [-0.2, -0.15) is 0 Å². The highest BCUT2D eigenvalue weighted by Crippen LogP contribution is 2.09. The maximum absolute atomic E-state index is 11.4. The van der Waals surface area contributed by atoms with Crippen LogP contribution in [0.4, 0.5) is 4.79 Å². The summed E-state index contributed by atoms with van der Waals surface area (Å²) < 4.78 is 0. The number of amides is 3. The molecule has 0 saturated carbocycles. The Labute approximate surface area is 88.5 Å². The first-order valence-electron chi connectivity index (χ1n) is 4.95. The molecule has 3 N–H and O–H groups in total. The molecule has 1 aliphatic rings. The minimum absolute atomic E-state index is 0.0918. The molecule has 1 rings (SSSR count). The van der Waals surface area contributed by atoms with E-state index in [9.17, 15) is 9.59 Å². The summed E-state index contributed by atoms with van der Waals surface area (Å²) in [4.78, 5) is 23.9. The van der Waals surface area contributed by atoms with Gasteiger partial charge in [-0.1, -0.05) is 6.92 Å². The summed E-state index contributed by atoms with van der Waals surface area (Å²) in [7, 11) is 1.58. The first kappa shape index (κ1) is 11.5. The van der Waals surface area contributed by atoms with Crippen molar-refractivity contribution in [1.82, 2.24) is 15.5 Å². The predicted octanol–water partition coefficient (Wildman–Crippen LogP) is -0.0964. The summed E-state index contributed by atoms with van der Waals surface area (Å²) in [6.45, 7) is 2.60. The molecule has 0 spiro atoms. The third kappa shape index (κ3) is 2.68. The fraction of sp³-hybridized carbons (Fsp3) is 0.667. The molecule has 0 aromatic heterocycles. The Bertz CT molecular complexity index is 290. The maximum atomic E-state index is 11.4. The Kier molecular flexibility index (Phi) is 3.65. The molecule has 1 saturated heterocycles. The lowest BCUT2D eigenvalue weighted by Gasteiger charge is -2.16. The van der Waals surface area contributed by atoms with Crippen molar-refractivity contribution >= 4 is 17.8 Å².